The van der Waals surface area contributed by atoms with Crippen molar-refractivity contribution in [1.29, 1.82) is 0 Å². The zero-order valence-electron chi connectivity index (χ0n) is 12.4. The van der Waals surface area contributed by atoms with Crippen LogP contribution >= 0.6 is 0 Å². The Kier molecular flexibility index (Phi) is 4.57. The molecule has 1 N–H and O–H groups in total. The number of nitrogens with zero attached hydrogens (tertiary/aromatic N) is 2. The van der Waals surface area contributed by atoms with Crippen LogP contribution in [0, 0.1) is 28.9 Å². The number of pyridine rings is 1. The molecular formula is C15H23N3O2. The summed E-state index contributed by atoms with van der Waals surface area (Å²) in [4.78, 5) is 14.6. The molecule has 1 fully saturated rings. The molecule has 110 valence electrons. The van der Waals surface area contributed by atoms with Gasteiger partial charge in [-0.1, -0.05) is 26.7 Å². The van der Waals surface area contributed by atoms with Gasteiger partial charge in [0.1, 0.15) is 12.0 Å². The fraction of sp³-hybridized carbons (Fsp3) is 0.667. The number of hydrogen-bond donors (Lipinski definition) is 1. The van der Waals surface area contributed by atoms with Crippen LogP contribution in [0.25, 0.3) is 0 Å². The maximum absolute atomic E-state index is 10.7. The predicted octanol–water partition coefficient (Wildman–Crippen LogP) is 3.92. The fourth-order valence-corrected chi connectivity index (χ4v) is 3.12. The smallest absolute Gasteiger partial charge is 0.287 e. The number of hydrogen-bond acceptors (Lipinski definition) is 4. The molecule has 20 heavy (non-hydrogen) atoms. The molecule has 2 unspecified atom stereocenters. The minimum Gasteiger partial charge on any atom is -0.367 e. The Morgan fingerprint density at radius 2 is 2.10 bits per heavy atom. The molecule has 1 saturated carbocycles. The second-order valence-electron chi connectivity index (χ2n) is 6.06. The zero-order valence-corrected chi connectivity index (χ0v) is 12.4. The van der Waals surface area contributed by atoms with E-state index in [0.29, 0.717) is 17.9 Å². The van der Waals surface area contributed by atoms with E-state index in [1.54, 1.807) is 6.07 Å². The Morgan fingerprint density at radius 3 is 2.70 bits per heavy atom. The highest BCUT2D eigenvalue weighted by Crippen LogP contribution is 2.32. The summed E-state index contributed by atoms with van der Waals surface area (Å²) < 4.78 is 0. The number of aromatic nitrogens is 1. The Bertz CT molecular complexity index is 488. The molecular weight excluding hydrogens is 254 g/mol. The molecule has 2 atom stereocenters. The molecule has 1 aliphatic rings. The van der Waals surface area contributed by atoms with E-state index in [-0.39, 0.29) is 5.69 Å². The van der Waals surface area contributed by atoms with E-state index in [1.807, 2.05) is 6.92 Å². The first-order valence-electron chi connectivity index (χ1n) is 7.36. The molecule has 0 amide bonds. The minimum atomic E-state index is -0.401. The van der Waals surface area contributed by atoms with Gasteiger partial charge in [0.15, 0.2) is 0 Å². The summed E-state index contributed by atoms with van der Waals surface area (Å²) in [5, 5.41) is 14.3. The molecule has 1 aromatic rings. The monoisotopic (exact) mass is 277 g/mol. The van der Waals surface area contributed by atoms with Crippen LogP contribution in [0.5, 0.6) is 0 Å². The van der Waals surface area contributed by atoms with Gasteiger partial charge in [-0.05, 0) is 37.2 Å². The first kappa shape index (κ1) is 14.8. The van der Waals surface area contributed by atoms with Crippen molar-refractivity contribution < 1.29 is 4.92 Å². The van der Waals surface area contributed by atoms with Gasteiger partial charge in [-0.15, -0.1) is 0 Å². The van der Waals surface area contributed by atoms with Gasteiger partial charge >= 0.3 is 0 Å². The summed E-state index contributed by atoms with van der Waals surface area (Å²) >= 11 is 0. The molecule has 0 spiro atoms. The third-order valence-corrected chi connectivity index (χ3v) is 4.27. The van der Waals surface area contributed by atoms with Crippen molar-refractivity contribution >= 4 is 11.5 Å². The molecule has 1 aliphatic carbocycles. The lowest BCUT2D eigenvalue weighted by atomic mass is 9.78. The van der Waals surface area contributed by atoms with Crippen molar-refractivity contribution in [1.82, 2.24) is 4.98 Å². The summed E-state index contributed by atoms with van der Waals surface area (Å²) in [6.45, 7) is 6.40. The largest absolute Gasteiger partial charge is 0.367 e. The van der Waals surface area contributed by atoms with Crippen LogP contribution in [-0.4, -0.2) is 15.9 Å². The van der Waals surface area contributed by atoms with E-state index in [2.05, 4.69) is 24.1 Å². The van der Waals surface area contributed by atoms with Crippen molar-refractivity contribution in [2.75, 3.05) is 5.32 Å². The first-order valence-corrected chi connectivity index (χ1v) is 7.36. The lowest BCUT2D eigenvalue weighted by molar-refractivity contribution is -0.385. The molecule has 5 heteroatoms. The molecule has 1 aromatic heterocycles. The molecule has 0 aromatic carbocycles. The lowest BCUT2D eigenvalue weighted by Crippen LogP contribution is -2.35. The summed E-state index contributed by atoms with van der Waals surface area (Å²) in [6.07, 6.45) is 6.28. The van der Waals surface area contributed by atoms with Crippen molar-refractivity contribution in [3.63, 3.8) is 0 Å². The third-order valence-electron chi connectivity index (χ3n) is 4.27. The molecule has 0 radical (unpaired) electrons. The van der Waals surface area contributed by atoms with Crippen LogP contribution in [0.3, 0.4) is 0 Å². The summed E-state index contributed by atoms with van der Waals surface area (Å²) in [6, 6.07) is 2.01. The maximum Gasteiger partial charge on any atom is 0.287 e. The van der Waals surface area contributed by atoms with E-state index in [0.717, 1.165) is 17.8 Å². The number of anilines is 1. The zero-order chi connectivity index (χ0) is 14.7. The molecule has 5 nitrogen and oxygen atoms in total. The van der Waals surface area contributed by atoms with Crippen molar-refractivity contribution in [3.05, 3.63) is 27.9 Å². The fourth-order valence-electron chi connectivity index (χ4n) is 3.12. The third kappa shape index (κ3) is 3.26. The highest BCUT2D eigenvalue weighted by Gasteiger charge is 2.28. The van der Waals surface area contributed by atoms with E-state index in [1.165, 1.54) is 25.5 Å². The van der Waals surface area contributed by atoms with Gasteiger partial charge < -0.3 is 5.32 Å². The van der Waals surface area contributed by atoms with Crippen molar-refractivity contribution in [3.8, 4) is 0 Å². The minimum absolute atomic E-state index is 0.0529. The normalized spacial score (nSPS) is 22.8. The van der Waals surface area contributed by atoms with Gasteiger partial charge in [0.05, 0.1) is 4.92 Å². The quantitative estimate of drug-likeness (QED) is 0.669. The number of rotatable bonds is 4. The molecule has 0 saturated heterocycles. The Morgan fingerprint density at radius 1 is 1.40 bits per heavy atom. The van der Waals surface area contributed by atoms with Crippen LogP contribution < -0.4 is 5.32 Å². The molecule has 0 bridgehead atoms. The van der Waals surface area contributed by atoms with Crippen molar-refractivity contribution in [2.45, 2.75) is 52.5 Å². The Balaban J connectivity index is 2.14. The summed E-state index contributed by atoms with van der Waals surface area (Å²) in [5.74, 6) is 2.08. The van der Waals surface area contributed by atoms with E-state index in [9.17, 15) is 10.1 Å². The van der Waals surface area contributed by atoms with Gasteiger partial charge in [0, 0.05) is 12.1 Å². The predicted molar refractivity (Wildman–Crippen MR) is 79.8 cm³/mol. The Labute approximate surface area is 119 Å². The van der Waals surface area contributed by atoms with E-state index in [4.69, 9.17) is 0 Å². The number of nitrogens with one attached hydrogen (secondary N) is 1. The SMILES string of the molecule is Cc1cc([N+](=O)[O-])cnc1NC1CCCCC1C(C)C. The van der Waals surface area contributed by atoms with Gasteiger partial charge in [0.2, 0.25) is 0 Å². The average molecular weight is 277 g/mol. The van der Waals surface area contributed by atoms with Crippen LogP contribution in [0.4, 0.5) is 11.5 Å². The Hall–Kier alpha value is -1.65. The van der Waals surface area contributed by atoms with Gasteiger partial charge in [-0.3, -0.25) is 10.1 Å². The van der Waals surface area contributed by atoms with Gasteiger partial charge in [0.25, 0.3) is 5.69 Å². The standard InChI is InChI=1S/C15H23N3O2/c1-10(2)13-6-4-5-7-14(13)17-15-11(3)8-12(9-16-15)18(19)20/h8-10,13-14H,4-7H2,1-3H3,(H,16,17). The van der Waals surface area contributed by atoms with Crippen molar-refractivity contribution in [2.24, 2.45) is 11.8 Å². The van der Waals surface area contributed by atoms with Gasteiger partial charge in [-0.25, -0.2) is 4.98 Å². The number of aryl methyl sites for hydroxylation is 1. The summed E-state index contributed by atoms with van der Waals surface area (Å²) in [5.41, 5.74) is 0.893. The van der Waals surface area contributed by atoms with E-state index >= 15 is 0 Å². The molecule has 1 heterocycles. The van der Waals surface area contributed by atoms with Crippen LogP contribution in [0.15, 0.2) is 12.3 Å². The van der Waals surface area contributed by atoms with Crippen LogP contribution in [0.2, 0.25) is 0 Å². The van der Waals surface area contributed by atoms with Crippen LogP contribution in [0.1, 0.15) is 45.1 Å². The molecule has 2 rings (SSSR count). The summed E-state index contributed by atoms with van der Waals surface area (Å²) in [7, 11) is 0. The first-order chi connectivity index (χ1) is 9.49. The van der Waals surface area contributed by atoms with Gasteiger partial charge in [-0.2, -0.15) is 0 Å². The average Bonchev–Trinajstić information content (AvgIpc) is 2.41. The molecule has 0 aliphatic heterocycles. The second kappa shape index (κ2) is 6.20. The highest BCUT2D eigenvalue weighted by atomic mass is 16.6. The number of nitro groups is 1. The topological polar surface area (TPSA) is 68.1 Å². The second-order valence-corrected chi connectivity index (χ2v) is 6.06. The highest BCUT2D eigenvalue weighted by molar-refractivity contribution is 5.49. The van der Waals surface area contributed by atoms with E-state index < -0.39 is 4.92 Å². The van der Waals surface area contributed by atoms with Crippen LogP contribution in [-0.2, 0) is 0 Å². The lowest BCUT2D eigenvalue weighted by Gasteiger charge is -2.35. The maximum atomic E-state index is 10.7.